The lowest BCUT2D eigenvalue weighted by Crippen LogP contribution is -2.26. The number of nitrogens with zero attached hydrogens (tertiary/aromatic N) is 3. The average molecular weight is 389 g/mol. The van der Waals surface area contributed by atoms with Crippen molar-refractivity contribution in [2.24, 2.45) is 17.8 Å². The average Bonchev–Trinajstić information content (AvgIpc) is 3.44. The molecule has 1 aliphatic carbocycles. The summed E-state index contributed by atoms with van der Waals surface area (Å²) in [6.45, 7) is 4.55. The number of benzene rings is 1. The van der Waals surface area contributed by atoms with E-state index in [4.69, 9.17) is 9.52 Å². The minimum Gasteiger partial charge on any atom is -0.454 e. The largest absolute Gasteiger partial charge is 0.454 e. The van der Waals surface area contributed by atoms with Crippen molar-refractivity contribution in [2.45, 2.75) is 45.6 Å². The molecule has 0 aliphatic heterocycles. The number of hydrogen-bond donors (Lipinski definition) is 1. The molecule has 4 aromatic rings. The van der Waals surface area contributed by atoms with Crippen LogP contribution in [0, 0.1) is 17.8 Å². The zero-order valence-electron chi connectivity index (χ0n) is 17.0. The fraction of sp³-hybridized carbons (Fsp3) is 0.417. The van der Waals surface area contributed by atoms with Gasteiger partial charge in [-0.25, -0.2) is 9.50 Å². The Labute approximate surface area is 170 Å². The van der Waals surface area contributed by atoms with Crippen LogP contribution in [-0.2, 0) is 6.42 Å². The summed E-state index contributed by atoms with van der Waals surface area (Å²) in [7, 11) is 0. The first-order valence-electron chi connectivity index (χ1n) is 10.6. The van der Waals surface area contributed by atoms with Gasteiger partial charge in [0.2, 0.25) is 0 Å². The summed E-state index contributed by atoms with van der Waals surface area (Å²) in [5, 5.41) is 16.2. The molecule has 5 nitrogen and oxygen atoms in total. The summed E-state index contributed by atoms with van der Waals surface area (Å²) >= 11 is 0. The van der Waals surface area contributed by atoms with Gasteiger partial charge < -0.3 is 9.52 Å². The fourth-order valence-corrected chi connectivity index (χ4v) is 4.82. The second kappa shape index (κ2) is 7.30. The summed E-state index contributed by atoms with van der Waals surface area (Å²) in [5.74, 6) is 2.12. The van der Waals surface area contributed by atoms with Gasteiger partial charge in [0.05, 0.1) is 18.0 Å². The Hall–Kier alpha value is -2.66. The molecule has 0 bridgehead atoms. The van der Waals surface area contributed by atoms with Crippen molar-refractivity contribution in [3.05, 3.63) is 54.4 Å². The first-order chi connectivity index (χ1) is 14.1. The molecule has 0 radical (unpaired) electrons. The molecular weight excluding hydrogens is 362 g/mol. The fourth-order valence-electron chi connectivity index (χ4n) is 4.82. The number of para-hydroxylation sites is 1. The van der Waals surface area contributed by atoms with E-state index in [0.717, 1.165) is 59.4 Å². The van der Waals surface area contributed by atoms with E-state index < -0.39 is 0 Å². The lowest BCUT2D eigenvalue weighted by Gasteiger charge is -2.28. The number of aromatic nitrogens is 3. The molecule has 0 amide bonds. The zero-order chi connectivity index (χ0) is 20.0. The quantitative estimate of drug-likeness (QED) is 0.515. The summed E-state index contributed by atoms with van der Waals surface area (Å²) in [4.78, 5) is 4.50. The van der Waals surface area contributed by atoms with Crippen LogP contribution in [-0.4, -0.2) is 25.8 Å². The highest BCUT2D eigenvalue weighted by Gasteiger charge is 2.32. The summed E-state index contributed by atoms with van der Waals surface area (Å²) < 4.78 is 7.91. The van der Waals surface area contributed by atoms with Gasteiger partial charge in [0.1, 0.15) is 11.3 Å². The van der Waals surface area contributed by atoms with E-state index in [1.54, 1.807) is 0 Å². The zero-order valence-corrected chi connectivity index (χ0v) is 17.0. The summed E-state index contributed by atoms with van der Waals surface area (Å²) in [6, 6.07) is 14.1. The lowest BCUT2D eigenvalue weighted by molar-refractivity contribution is 0.0844. The van der Waals surface area contributed by atoms with E-state index in [-0.39, 0.29) is 6.10 Å². The number of fused-ring (bicyclic) bond motifs is 2. The smallest absolute Gasteiger partial charge is 0.155 e. The molecule has 150 valence electrons. The van der Waals surface area contributed by atoms with E-state index in [2.05, 4.69) is 24.9 Å². The second-order valence-electron chi connectivity index (χ2n) is 8.59. The number of hydrogen-bond acceptors (Lipinski definition) is 4. The minimum atomic E-state index is -0.142. The molecular formula is C24H27N3O2. The molecule has 1 N–H and O–H groups in total. The van der Waals surface area contributed by atoms with Gasteiger partial charge in [-0.3, -0.25) is 0 Å². The van der Waals surface area contributed by atoms with Gasteiger partial charge in [-0.15, -0.1) is 0 Å². The highest BCUT2D eigenvalue weighted by atomic mass is 16.3. The Morgan fingerprint density at radius 1 is 1.17 bits per heavy atom. The first-order valence-corrected chi connectivity index (χ1v) is 10.6. The van der Waals surface area contributed by atoms with Crippen LogP contribution in [0.5, 0.6) is 0 Å². The minimum absolute atomic E-state index is 0.142. The molecule has 1 fully saturated rings. The maximum Gasteiger partial charge on any atom is 0.155 e. The molecule has 3 aromatic heterocycles. The van der Waals surface area contributed by atoms with Crippen LogP contribution in [0.1, 0.15) is 38.8 Å². The predicted molar refractivity (Wildman–Crippen MR) is 114 cm³/mol. The molecule has 3 heterocycles. The maximum absolute atomic E-state index is 10.3. The van der Waals surface area contributed by atoms with Crippen molar-refractivity contribution in [3.8, 4) is 11.5 Å². The van der Waals surface area contributed by atoms with Crippen LogP contribution in [0.3, 0.4) is 0 Å². The van der Waals surface area contributed by atoms with Crippen LogP contribution in [0.15, 0.2) is 53.1 Å². The third-order valence-electron chi connectivity index (χ3n) is 6.73. The van der Waals surface area contributed by atoms with Crippen molar-refractivity contribution in [1.29, 1.82) is 0 Å². The van der Waals surface area contributed by atoms with Crippen LogP contribution < -0.4 is 0 Å². The van der Waals surface area contributed by atoms with E-state index in [0.29, 0.717) is 17.8 Å². The molecule has 29 heavy (non-hydrogen) atoms. The molecule has 0 saturated heterocycles. The Kier molecular flexibility index (Phi) is 4.63. The van der Waals surface area contributed by atoms with Crippen molar-refractivity contribution in [1.82, 2.24) is 14.6 Å². The van der Waals surface area contributed by atoms with Gasteiger partial charge in [0.15, 0.2) is 11.4 Å². The number of furan rings is 1. The van der Waals surface area contributed by atoms with E-state index >= 15 is 0 Å². The molecule has 5 rings (SSSR count). The SMILES string of the molecule is CC(Cc1ccc2ncc(-c3cc4ccccc4o3)n2n1)C(C)[C@@H]1CCC[C@@H]1O. The van der Waals surface area contributed by atoms with Gasteiger partial charge >= 0.3 is 0 Å². The summed E-state index contributed by atoms with van der Waals surface area (Å²) in [5.41, 5.74) is 3.59. The van der Waals surface area contributed by atoms with Gasteiger partial charge in [-0.1, -0.05) is 38.5 Å². The second-order valence-corrected chi connectivity index (χ2v) is 8.59. The Morgan fingerprint density at radius 3 is 2.83 bits per heavy atom. The predicted octanol–water partition coefficient (Wildman–Crippen LogP) is 5.12. The van der Waals surface area contributed by atoms with Crippen LogP contribution in [0.4, 0.5) is 0 Å². The molecule has 2 unspecified atom stereocenters. The van der Waals surface area contributed by atoms with Crippen LogP contribution in [0.25, 0.3) is 28.1 Å². The third kappa shape index (κ3) is 3.33. The Balaban J connectivity index is 1.43. The standard InChI is InChI=1S/C24H27N3O2/c1-15(16(2)19-7-5-8-21(19)28)12-18-10-11-24-25-14-20(27(24)26-18)23-13-17-6-3-4-9-22(17)29-23/h3-4,6,9-11,13-16,19,21,28H,5,7-8,12H2,1-2H3/t15?,16?,19-,21-/m0/s1. The van der Waals surface area contributed by atoms with Crippen molar-refractivity contribution >= 4 is 16.6 Å². The van der Waals surface area contributed by atoms with Crippen molar-refractivity contribution < 1.29 is 9.52 Å². The monoisotopic (exact) mass is 389 g/mol. The van der Waals surface area contributed by atoms with Crippen molar-refractivity contribution in [2.75, 3.05) is 0 Å². The molecule has 1 saturated carbocycles. The first kappa shape index (κ1) is 18.4. The molecule has 1 aromatic carbocycles. The highest BCUT2D eigenvalue weighted by molar-refractivity contribution is 5.82. The number of rotatable bonds is 5. The maximum atomic E-state index is 10.3. The number of aliphatic hydroxyl groups is 1. The third-order valence-corrected chi connectivity index (χ3v) is 6.73. The Bertz CT molecular complexity index is 1110. The molecule has 1 aliphatic rings. The highest BCUT2D eigenvalue weighted by Crippen LogP contribution is 2.36. The lowest BCUT2D eigenvalue weighted by atomic mass is 9.80. The van der Waals surface area contributed by atoms with Crippen LogP contribution in [0.2, 0.25) is 0 Å². The van der Waals surface area contributed by atoms with E-state index in [9.17, 15) is 5.11 Å². The Morgan fingerprint density at radius 2 is 2.03 bits per heavy atom. The normalized spacial score (nSPS) is 21.8. The number of imidazole rings is 1. The van der Waals surface area contributed by atoms with Gasteiger partial charge in [-0.2, -0.15) is 5.10 Å². The van der Waals surface area contributed by atoms with Gasteiger partial charge in [-0.05, 0) is 61.3 Å². The molecule has 4 atom stereocenters. The van der Waals surface area contributed by atoms with Crippen LogP contribution >= 0.6 is 0 Å². The van der Waals surface area contributed by atoms with Crippen molar-refractivity contribution in [3.63, 3.8) is 0 Å². The summed E-state index contributed by atoms with van der Waals surface area (Å²) in [6.07, 6.45) is 5.79. The molecule has 5 heteroatoms. The van der Waals surface area contributed by atoms with E-state index in [1.807, 2.05) is 47.1 Å². The number of aliphatic hydroxyl groups excluding tert-OH is 1. The molecule has 0 spiro atoms. The topological polar surface area (TPSA) is 63.6 Å². The van der Waals surface area contributed by atoms with Gasteiger partial charge in [0, 0.05) is 5.39 Å². The van der Waals surface area contributed by atoms with E-state index in [1.165, 1.54) is 0 Å². The van der Waals surface area contributed by atoms with Gasteiger partial charge in [0.25, 0.3) is 0 Å².